The van der Waals surface area contributed by atoms with Gasteiger partial charge in [0.1, 0.15) is 0 Å². The second-order valence-corrected chi connectivity index (χ2v) is 6.44. The van der Waals surface area contributed by atoms with Crippen molar-refractivity contribution >= 4 is 12.0 Å². The van der Waals surface area contributed by atoms with Crippen molar-refractivity contribution < 1.29 is 19.4 Å². The zero-order valence-electron chi connectivity index (χ0n) is 13.5. The Balaban J connectivity index is 2.46. The van der Waals surface area contributed by atoms with E-state index in [1.165, 1.54) is 0 Å². The number of carboxylic acid groups (broad SMARTS) is 1. The molecule has 0 aliphatic carbocycles. The van der Waals surface area contributed by atoms with Gasteiger partial charge in [-0.2, -0.15) is 0 Å². The van der Waals surface area contributed by atoms with Gasteiger partial charge in [-0.05, 0) is 32.1 Å². The topological polar surface area (TPSA) is 78.9 Å². The molecule has 2 N–H and O–H groups in total. The highest BCUT2D eigenvalue weighted by atomic mass is 16.5. The molecule has 6 heteroatoms. The van der Waals surface area contributed by atoms with E-state index in [1.807, 2.05) is 13.8 Å². The van der Waals surface area contributed by atoms with E-state index < -0.39 is 5.97 Å². The van der Waals surface area contributed by atoms with Crippen molar-refractivity contribution in [2.45, 2.75) is 52.7 Å². The summed E-state index contributed by atoms with van der Waals surface area (Å²) in [6.07, 6.45) is 0.951. The van der Waals surface area contributed by atoms with Crippen LogP contribution in [-0.2, 0) is 9.53 Å². The first-order valence-corrected chi connectivity index (χ1v) is 7.68. The number of carbonyl (C=O) groups is 2. The molecule has 0 bridgehead atoms. The molecule has 122 valence electrons. The van der Waals surface area contributed by atoms with Crippen LogP contribution in [0.2, 0.25) is 0 Å². The number of carboxylic acids is 1. The number of urea groups is 1. The molecule has 1 fully saturated rings. The van der Waals surface area contributed by atoms with Crippen LogP contribution in [0.3, 0.4) is 0 Å². The van der Waals surface area contributed by atoms with E-state index in [2.05, 4.69) is 19.2 Å². The van der Waals surface area contributed by atoms with Crippen molar-refractivity contribution in [3.05, 3.63) is 0 Å². The summed E-state index contributed by atoms with van der Waals surface area (Å²) >= 11 is 0. The van der Waals surface area contributed by atoms with Crippen LogP contribution in [0.25, 0.3) is 0 Å². The number of hydrogen-bond acceptors (Lipinski definition) is 3. The highest BCUT2D eigenvalue weighted by Gasteiger charge is 2.26. The van der Waals surface area contributed by atoms with E-state index in [0.29, 0.717) is 25.6 Å². The Labute approximate surface area is 126 Å². The van der Waals surface area contributed by atoms with E-state index >= 15 is 0 Å². The number of nitrogens with zero attached hydrogens (tertiary/aromatic N) is 1. The van der Waals surface area contributed by atoms with Crippen molar-refractivity contribution in [1.82, 2.24) is 10.2 Å². The van der Waals surface area contributed by atoms with Crippen LogP contribution in [0.15, 0.2) is 0 Å². The standard InChI is InChI=1S/C15H28N2O4/c1-10(2)5-13(6-14(18)19)7-16-15(20)17-8-11(3)21-12(4)9-17/h10-13H,5-9H2,1-4H3,(H,16,20)(H,18,19)/t11-,12+,13-/m0/s1. The molecule has 0 aromatic rings. The highest BCUT2D eigenvalue weighted by molar-refractivity contribution is 5.74. The van der Waals surface area contributed by atoms with Crippen molar-refractivity contribution in [3.63, 3.8) is 0 Å². The van der Waals surface area contributed by atoms with Gasteiger partial charge in [-0.25, -0.2) is 4.79 Å². The van der Waals surface area contributed by atoms with Crippen LogP contribution in [0.4, 0.5) is 4.79 Å². The summed E-state index contributed by atoms with van der Waals surface area (Å²) in [6, 6.07) is -0.129. The van der Waals surface area contributed by atoms with Gasteiger partial charge in [-0.1, -0.05) is 13.8 Å². The van der Waals surface area contributed by atoms with Crippen LogP contribution < -0.4 is 5.32 Å². The fourth-order valence-corrected chi connectivity index (χ4v) is 2.84. The second-order valence-electron chi connectivity index (χ2n) is 6.44. The van der Waals surface area contributed by atoms with E-state index in [0.717, 1.165) is 6.42 Å². The number of ether oxygens (including phenoxy) is 1. The smallest absolute Gasteiger partial charge is 0.317 e. The number of nitrogens with one attached hydrogen (secondary N) is 1. The predicted molar refractivity (Wildman–Crippen MR) is 80.2 cm³/mol. The SMILES string of the molecule is CC(C)C[C@H](CNC(=O)N1C[C@@H](C)O[C@@H](C)C1)CC(=O)O. The molecule has 1 rings (SSSR count). The molecule has 0 spiro atoms. The van der Waals surface area contributed by atoms with Crippen molar-refractivity contribution in [1.29, 1.82) is 0 Å². The average Bonchev–Trinajstić information content (AvgIpc) is 2.32. The molecule has 0 aromatic heterocycles. The average molecular weight is 300 g/mol. The highest BCUT2D eigenvalue weighted by Crippen LogP contribution is 2.15. The van der Waals surface area contributed by atoms with Gasteiger partial charge in [0.15, 0.2) is 0 Å². The minimum Gasteiger partial charge on any atom is -0.481 e. The number of hydrogen-bond donors (Lipinski definition) is 2. The van der Waals surface area contributed by atoms with Crippen LogP contribution in [0, 0.1) is 11.8 Å². The van der Waals surface area contributed by atoms with E-state index in [1.54, 1.807) is 4.90 Å². The van der Waals surface area contributed by atoms with E-state index in [-0.39, 0.29) is 30.6 Å². The normalized spacial score (nSPS) is 24.0. The third-order valence-corrected chi connectivity index (χ3v) is 3.52. The van der Waals surface area contributed by atoms with Crippen molar-refractivity contribution in [2.75, 3.05) is 19.6 Å². The summed E-state index contributed by atoms with van der Waals surface area (Å²) in [7, 11) is 0. The van der Waals surface area contributed by atoms with E-state index in [9.17, 15) is 9.59 Å². The molecule has 6 nitrogen and oxygen atoms in total. The van der Waals surface area contributed by atoms with Gasteiger partial charge in [0.2, 0.25) is 0 Å². The maximum atomic E-state index is 12.2. The summed E-state index contributed by atoms with van der Waals surface area (Å²) in [5.74, 6) is -0.430. The minimum absolute atomic E-state index is 0.0256. The van der Waals surface area contributed by atoms with Gasteiger partial charge < -0.3 is 20.1 Å². The van der Waals surface area contributed by atoms with Gasteiger partial charge >= 0.3 is 12.0 Å². The molecule has 1 saturated heterocycles. The Morgan fingerprint density at radius 2 is 1.86 bits per heavy atom. The molecule has 0 unspecified atom stereocenters. The largest absolute Gasteiger partial charge is 0.481 e. The van der Waals surface area contributed by atoms with Gasteiger partial charge in [0.25, 0.3) is 0 Å². The molecule has 2 amide bonds. The number of carbonyl (C=O) groups excluding carboxylic acids is 1. The number of morpholine rings is 1. The van der Waals surface area contributed by atoms with Crippen molar-refractivity contribution in [3.8, 4) is 0 Å². The molecule has 1 heterocycles. The predicted octanol–water partition coefficient (Wildman–Crippen LogP) is 1.94. The van der Waals surface area contributed by atoms with Crippen LogP contribution in [0.1, 0.15) is 40.5 Å². The lowest BCUT2D eigenvalue weighted by molar-refractivity contribution is -0.138. The zero-order valence-corrected chi connectivity index (χ0v) is 13.5. The Kier molecular flexibility index (Phi) is 6.95. The van der Waals surface area contributed by atoms with Crippen LogP contribution >= 0.6 is 0 Å². The fourth-order valence-electron chi connectivity index (χ4n) is 2.84. The molecule has 0 saturated carbocycles. The number of amides is 2. The number of aliphatic carboxylic acids is 1. The summed E-state index contributed by atoms with van der Waals surface area (Å²) in [5, 5.41) is 11.8. The monoisotopic (exact) mass is 300 g/mol. The molecule has 3 atom stereocenters. The molecule has 1 aliphatic heterocycles. The maximum absolute atomic E-state index is 12.2. The summed E-state index contributed by atoms with van der Waals surface area (Å²) in [6.45, 7) is 9.56. The minimum atomic E-state index is -0.816. The van der Waals surface area contributed by atoms with Crippen LogP contribution in [-0.4, -0.2) is 53.8 Å². The summed E-state index contributed by atoms with van der Waals surface area (Å²) in [5.41, 5.74) is 0. The van der Waals surface area contributed by atoms with Crippen molar-refractivity contribution in [2.24, 2.45) is 11.8 Å². The lowest BCUT2D eigenvalue weighted by atomic mass is 9.94. The Hall–Kier alpha value is -1.30. The van der Waals surface area contributed by atoms with Gasteiger partial charge in [0.05, 0.1) is 12.2 Å². The molecule has 21 heavy (non-hydrogen) atoms. The number of rotatable bonds is 6. The van der Waals surface area contributed by atoms with Gasteiger partial charge in [-0.3, -0.25) is 4.79 Å². The first kappa shape index (κ1) is 17.8. The maximum Gasteiger partial charge on any atom is 0.317 e. The van der Waals surface area contributed by atoms with E-state index in [4.69, 9.17) is 9.84 Å². The molecule has 1 aliphatic rings. The molecule has 0 radical (unpaired) electrons. The zero-order chi connectivity index (χ0) is 16.0. The fraction of sp³-hybridized carbons (Fsp3) is 0.867. The summed E-state index contributed by atoms with van der Waals surface area (Å²) in [4.78, 5) is 24.8. The van der Waals surface area contributed by atoms with Gasteiger partial charge in [-0.15, -0.1) is 0 Å². The Morgan fingerprint density at radius 1 is 1.29 bits per heavy atom. The van der Waals surface area contributed by atoms with Gasteiger partial charge in [0, 0.05) is 26.1 Å². The summed E-state index contributed by atoms with van der Waals surface area (Å²) < 4.78 is 5.60. The molecular weight excluding hydrogens is 272 g/mol. The Bertz CT molecular complexity index is 350. The third-order valence-electron chi connectivity index (χ3n) is 3.52. The van der Waals surface area contributed by atoms with Crippen LogP contribution in [0.5, 0.6) is 0 Å². The second kappa shape index (κ2) is 8.22. The first-order chi connectivity index (χ1) is 9.77. The lowest BCUT2D eigenvalue weighted by Gasteiger charge is -2.35. The molecular formula is C15H28N2O4. The Morgan fingerprint density at radius 3 is 2.33 bits per heavy atom. The molecule has 0 aromatic carbocycles. The quantitative estimate of drug-likeness (QED) is 0.786. The lowest BCUT2D eigenvalue weighted by Crippen LogP contribution is -2.52. The third kappa shape index (κ3) is 6.80. The first-order valence-electron chi connectivity index (χ1n) is 7.68.